The predicted molar refractivity (Wildman–Crippen MR) is 140 cm³/mol. The van der Waals surface area contributed by atoms with Crippen molar-refractivity contribution in [3.05, 3.63) is 129 Å². The summed E-state index contributed by atoms with van der Waals surface area (Å²) in [5, 5.41) is 3.74. The first-order chi connectivity index (χ1) is 16.4. The fraction of sp³-hybridized carbons (Fsp3) is 0.0385. The van der Waals surface area contributed by atoms with Crippen LogP contribution in [0.2, 0.25) is 15.1 Å². The molecular weight excluding hydrogens is 511 g/mol. The highest BCUT2D eigenvalue weighted by molar-refractivity contribution is 7.83. The Hall–Kier alpha value is -2.67. The second-order valence-electron chi connectivity index (χ2n) is 7.39. The van der Waals surface area contributed by atoms with Crippen molar-refractivity contribution < 1.29 is 9.00 Å². The van der Waals surface area contributed by atoms with Gasteiger partial charge in [0.2, 0.25) is 0 Å². The molecular formula is C26H19Cl3N2O2S. The van der Waals surface area contributed by atoms with Gasteiger partial charge in [-0.05, 0) is 47.5 Å². The number of benzene rings is 4. The molecule has 0 aliphatic carbocycles. The zero-order valence-electron chi connectivity index (χ0n) is 17.7. The summed E-state index contributed by atoms with van der Waals surface area (Å²) in [4.78, 5) is 13.2. The van der Waals surface area contributed by atoms with E-state index in [9.17, 15) is 9.00 Å². The molecule has 4 aromatic rings. The van der Waals surface area contributed by atoms with Crippen LogP contribution in [-0.4, -0.2) is 10.1 Å². The van der Waals surface area contributed by atoms with E-state index in [1.807, 2.05) is 60.7 Å². The molecule has 0 radical (unpaired) electrons. The fourth-order valence-corrected chi connectivity index (χ4v) is 5.12. The molecule has 0 saturated heterocycles. The molecule has 1 unspecified atom stereocenters. The van der Waals surface area contributed by atoms with E-state index in [0.29, 0.717) is 25.7 Å². The molecule has 2 N–H and O–H groups in total. The molecule has 0 spiro atoms. The summed E-state index contributed by atoms with van der Waals surface area (Å²) in [6.45, 7) is 0. The van der Waals surface area contributed by atoms with Crippen LogP contribution in [0.25, 0.3) is 0 Å². The van der Waals surface area contributed by atoms with Gasteiger partial charge in [0.05, 0.1) is 21.6 Å². The van der Waals surface area contributed by atoms with Gasteiger partial charge in [-0.1, -0.05) is 95.5 Å². The molecule has 1 atom stereocenters. The number of anilines is 1. The number of carbonyl (C=O) groups is 1. The topological polar surface area (TPSA) is 58.2 Å². The van der Waals surface area contributed by atoms with Crippen LogP contribution >= 0.6 is 34.8 Å². The molecule has 0 fully saturated rings. The number of halogens is 3. The van der Waals surface area contributed by atoms with Crippen molar-refractivity contribution in [3.8, 4) is 0 Å². The highest BCUT2D eigenvalue weighted by Crippen LogP contribution is 2.28. The smallest absolute Gasteiger partial charge is 0.255 e. The quantitative estimate of drug-likeness (QED) is 0.264. The van der Waals surface area contributed by atoms with Crippen LogP contribution < -0.4 is 10.0 Å². The number of rotatable bonds is 7. The van der Waals surface area contributed by atoms with E-state index in [4.69, 9.17) is 34.8 Å². The first-order valence-electron chi connectivity index (χ1n) is 10.3. The van der Waals surface area contributed by atoms with Crippen LogP contribution in [0.3, 0.4) is 0 Å². The van der Waals surface area contributed by atoms with Crippen LogP contribution in [0.4, 0.5) is 5.69 Å². The van der Waals surface area contributed by atoms with E-state index in [0.717, 1.165) is 11.1 Å². The van der Waals surface area contributed by atoms with E-state index in [1.165, 1.54) is 18.2 Å². The van der Waals surface area contributed by atoms with Gasteiger partial charge in [0.15, 0.2) is 0 Å². The van der Waals surface area contributed by atoms with Crippen LogP contribution in [0.15, 0.2) is 102 Å². The summed E-state index contributed by atoms with van der Waals surface area (Å²) in [6.07, 6.45) is 0. The summed E-state index contributed by atoms with van der Waals surface area (Å²) in [6, 6.07) is 28.6. The summed E-state index contributed by atoms with van der Waals surface area (Å²) in [5.41, 5.74) is 2.56. The lowest BCUT2D eigenvalue weighted by atomic mass is 10.00. The molecule has 172 valence electrons. The summed E-state index contributed by atoms with van der Waals surface area (Å²) >= 11 is 18.3. The van der Waals surface area contributed by atoms with Crippen molar-refractivity contribution >= 4 is 57.4 Å². The van der Waals surface area contributed by atoms with Crippen LogP contribution in [-0.2, 0) is 11.0 Å². The van der Waals surface area contributed by atoms with Crippen LogP contribution in [0.5, 0.6) is 0 Å². The van der Waals surface area contributed by atoms with Crippen molar-refractivity contribution in [2.24, 2.45) is 0 Å². The second kappa shape index (κ2) is 11.2. The van der Waals surface area contributed by atoms with Crippen LogP contribution in [0.1, 0.15) is 27.5 Å². The lowest BCUT2D eigenvalue weighted by Gasteiger charge is -2.19. The van der Waals surface area contributed by atoms with Crippen molar-refractivity contribution in [1.29, 1.82) is 0 Å². The summed E-state index contributed by atoms with van der Waals surface area (Å²) in [7, 11) is -1.60. The molecule has 0 bridgehead atoms. The van der Waals surface area contributed by atoms with Gasteiger partial charge in [0.1, 0.15) is 11.0 Å². The second-order valence-corrected chi connectivity index (χ2v) is 9.92. The third-order valence-electron chi connectivity index (χ3n) is 5.02. The van der Waals surface area contributed by atoms with Gasteiger partial charge in [0.25, 0.3) is 5.91 Å². The Bertz CT molecular complexity index is 1270. The van der Waals surface area contributed by atoms with E-state index in [2.05, 4.69) is 10.0 Å². The monoisotopic (exact) mass is 528 g/mol. The van der Waals surface area contributed by atoms with Crippen molar-refractivity contribution in [2.75, 3.05) is 5.32 Å². The van der Waals surface area contributed by atoms with Crippen molar-refractivity contribution in [1.82, 2.24) is 4.72 Å². The van der Waals surface area contributed by atoms with E-state index in [-0.39, 0.29) is 11.6 Å². The minimum absolute atomic E-state index is 0.284. The first-order valence-corrected chi connectivity index (χ1v) is 12.5. The number of hydrogen-bond acceptors (Lipinski definition) is 2. The molecule has 0 heterocycles. The van der Waals surface area contributed by atoms with Crippen molar-refractivity contribution in [3.63, 3.8) is 0 Å². The van der Waals surface area contributed by atoms with Crippen molar-refractivity contribution in [2.45, 2.75) is 10.9 Å². The largest absolute Gasteiger partial charge is 0.321 e. The van der Waals surface area contributed by atoms with E-state index < -0.39 is 16.9 Å². The Labute approximate surface area is 215 Å². The Morgan fingerprint density at radius 1 is 0.735 bits per heavy atom. The summed E-state index contributed by atoms with van der Waals surface area (Å²) in [5.74, 6) is -0.436. The van der Waals surface area contributed by atoms with E-state index in [1.54, 1.807) is 18.2 Å². The molecule has 0 aliphatic rings. The molecule has 0 aliphatic heterocycles. The first kappa shape index (κ1) is 24.5. The normalized spacial score (nSPS) is 11.9. The highest BCUT2D eigenvalue weighted by atomic mass is 35.5. The van der Waals surface area contributed by atoms with Gasteiger partial charge in [0, 0.05) is 15.6 Å². The Morgan fingerprint density at radius 2 is 1.29 bits per heavy atom. The molecule has 4 rings (SSSR count). The minimum Gasteiger partial charge on any atom is -0.321 e. The Morgan fingerprint density at radius 3 is 1.85 bits per heavy atom. The number of nitrogens with one attached hydrogen (secondary N) is 2. The average Bonchev–Trinajstić information content (AvgIpc) is 2.84. The average molecular weight is 530 g/mol. The lowest BCUT2D eigenvalue weighted by molar-refractivity contribution is 0.102. The maximum Gasteiger partial charge on any atom is 0.255 e. The van der Waals surface area contributed by atoms with Gasteiger partial charge >= 0.3 is 0 Å². The Kier molecular flexibility index (Phi) is 8.03. The number of carbonyl (C=O) groups excluding carboxylic acids is 1. The zero-order valence-corrected chi connectivity index (χ0v) is 20.8. The third kappa shape index (κ3) is 6.06. The molecule has 0 aromatic heterocycles. The third-order valence-corrected chi connectivity index (χ3v) is 6.91. The van der Waals surface area contributed by atoms with Gasteiger partial charge in [-0.2, -0.15) is 0 Å². The van der Waals surface area contributed by atoms with Gasteiger partial charge in [-0.15, -0.1) is 0 Å². The number of amides is 1. The van der Waals surface area contributed by atoms with E-state index >= 15 is 0 Å². The fourth-order valence-electron chi connectivity index (χ4n) is 3.39. The molecule has 4 nitrogen and oxygen atoms in total. The summed E-state index contributed by atoms with van der Waals surface area (Å²) < 4.78 is 16.5. The SMILES string of the molecule is O=C(Nc1cc(S(=O)NC(c2ccccc2)c2ccccc2)ccc1Cl)c1cc(Cl)cc(Cl)c1. The lowest BCUT2D eigenvalue weighted by Crippen LogP contribution is -2.25. The van der Waals surface area contributed by atoms with Gasteiger partial charge in [-0.25, -0.2) is 8.93 Å². The molecule has 8 heteroatoms. The molecule has 34 heavy (non-hydrogen) atoms. The number of hydrogen-bond donors (Lipinski definition) is 2. The highest BCUT2D eigenvalue weighted by Gasteiger charge is 2.19. The van der Waals surface area contributed by atoms with Gasteiger partial charge in [-0.3, -0.25) is 4.79 Å². The molecule has 4 aromatic carbocycles. The minimum atomic E-state index is -1.60. The predicted octanol–water partition coefficient (Wildman–Crippen LogP) is 7.30. The molecule has 0 saturated carbocycles. The molecule has 1 amide bonds. The maximum absolute atomic E-state index is 13.3. The van der Waals surface area contributed by atoms with Crippen LogP contribution in [0, 0.1) is 0 Å². The standard InChI is InChI=1S/C26H19Cl3N2O2S/c27-20-13-19(14-21(28)15-20)26(32)30-24-16-22(11-12-23(24)29)34(33)31-25(17-7-3-1-4-8-17)18-9-5-2-6-10-18/h1-16,25,31H,(H,30,32). The Balaban J connectivity index is 1.58. The maximum atomic E-state index is 13.3. The zero-order chi connectivity index (χ0) is 24.1. The van der Waals surface area contributed by atoms with Gasteiger partial charge < -0.3 is 5.32 Å².